The Labute approximate surface area is 166 Å². The van der Waals surface area contributed by atoms with Gasteiger partial charge in [-0.15, -0.1) is 6.42 Å². The molecule has 2 aliphatic heterocycles. The van der Waals surface area contributed by atoms with Gasteiger partial charge in [-0.3, -0.25) is 9.69 Å². The maximum absolute atomic E-state index is 13.1. The van der Waals surface area contributed by atoms with Crippen LogP contribution in [0.2, 0.25) is 0 Å². The smallest absolute Gasteiger partial charge is 0.335 e. The summed E-state index contributed by atoms with van der Waals surface area (Å²) in [7, 11) is 0. The SMILES string of the molecule is C#C[C@H]1N(C#N)C[C@@H]2N(C(=O)c3ncc(-c4ccnc(C#N)c4)o3)CC[C@@]21[N+]#C. The summed E-state index contributed by atoms with van der Waals surface area (Å²) in [5.74, 6) is 2.39. The fourth-order valence-corrected chi connectivity index (χ4v) is 4.10. The number of rotatable bonds is 2. The molecule has 2 aromatic heterocycles. The van der Waals surface area contributed by atoms with Crippen LogP contribution in [-0.4, -0.2) is 56.4 Å². The predicted molar refractivity (Wildman–Crippen MR) is 99.9 cm³/mol. The Morgan fingerprint density at radius 3 is 2.93 bits per heavy atom. The van der Waals surface area contributed by atoms with E-state index in [1.807, 2.05) is 6.07 Å². The maximum atomic E-state index is 13.1. The molecule has 29 heavy (non-hydrogen) atoms. The Hall–Kier alpha value is -4.34. The molecule has 0 saturated carbocycles. The lowest BCUT2D eigenvalue weighted by molar-refractivity contribution is 0.0691. The quantitative estimate of drug-likeness (QED) is 0.566. The summed E-state index contributed by atoms with van der Waals surface area (Å²) in [5, 5.41) is 18.4. The Bertz CT molecular complexity index is 1160. The van der Waals surface area contributed by atoms with E-state index in [1.54, 1.807) is 17.0 Å². The molecule has 9 heteroatoms. The number of carbonyl (C=O) groups excluding carboxylic acids is 1. The monoisotopic (exact) mass is 384 g/mol. The van der Waals surface area contributed by atoms with Gasteiger partial charge in [-0.2, -0.15) is 10.5 Å². The van der Waals surface area contributed by atoms with Crippen molar-refractivity contribution in [3.8, 4) is 42.5 Å². The summed E-state index contributed by atoms with van der Waals surface area (Å²) in [5.41, 5.74) is -0.0918. The number of hydrogen-bond donors (Lipinski definition) is 0. The third-order valence-electron chi connectivity index (χ3n) is 5.50. The Balaban J connectivity index is 1.63. The lowest BCUT2D eigenvalue weighted by atomic mass is 9.87. The van der Waals surface area contributed by atoms with E-state index < -0.39 is 23.5 Å². The summed E-state index contributed by atoms with van der Waals surface area (Å²) in [6, 6.07) is 4.08. The minimum absolute atomic E-state index is 0.101. The van der Waals surface area contributed by atoms with Crippen molar-refractivity contribution in [3.63, 3.8) is 0 Å². The average molecular weight is 384 g/mol. The number of hydrogen-bond acceptors (Lipinski definition) is 7. The fraction of sp³-hybridized carbons (Fsp3) is 0.300. The number of terminal acetylenes is 1. The van der Waals surface area contributed by atoms with E-state index >= 15 is 0 Å². The van der Waals surface area contributed by atoms with Crippen molar-refractivity contribution in [1.82, 2.24) is 19.8 Å². The van der Waals surface area contributed by atoms with Gasteiger partial charge in [0, 0.05) is 18.3 Å². The van der Waals surface area contributed by atoms with Gasteiger partial charge in [0.05, 0.1) is 19.2 Å². The molecule has 9 nitrogen and oxygen atoms in total. The summed E-state index contributed by atoms with van der Waals surface area (Å²) in [4.78, 5) is 28.1. The molecule has 0 aliphatic carbocycles. The number of likely N-dealkylation sites (tertiary alicyclic amines) is 2. The van der Waals surface area contributed by atoms with Crippen LogP contribution in [0.25, 0.3) is 16.2 Å². The molecule has 1 amide bonds. The van der Waals surface area contributed by atoms with Crippen LogP contribution in [-0.2, 0) is 0 Å². The highest BCUT2D eigenvalue weighted by Crippen LogP contribution is 2.43. The molecule has 0 unspecified atom stereocenters. The van der Waals surface area contributed by atoms with E-state index in [0.717, 1.165) is 0 Å². The third-order valence-corrected chi connectivity index (χ3v) is 5.50. The van der Waals surface area contributed by atoms with Gasteiger partial charge in [0.2, 0.25) is 0 Å². The molecule has 140 valence electrons. The van der Waals surface area contributed by atoms with Crippen molar-refractivity contribution in [2.75, 3.05) is 13.1 Å². The second-order valence-electron chi connectivity index (χ2n) is 6.78. The molecule has 2 aromatic rings. The lowest BCUT2D eigenvalue weighted by Crippen LogP contribution is -2.46. The van der Waals surface area contributed by atoms with E-state index in [-0.39, 0.29) is 18.1 Å². The van der Waals surface area contributed by atoms with Crippen LogP contribution in [0.1, 0.15) is 22.8 Å². The first-order chi connectivity index (χ1) is 14.1. The number of fused-ring (bicyclic) bond motifs is 1. The van der Waals surface area contributed by atoms with Gasteiger partial charge in [0.15, 0.2) is 18.0 Å². The van der Waals surface area contributed by atoms with Crippen LogP contribution in [0.15, 0.2) is 28.9 Å². The van der Waals surface area contributed by atoms with E-state index in [4.69, 9.17) is 22.7 Å². The van der Waals surface area contributed by atoms with Gasteiger partial charge >= 0.3 is 11.4 Å². The van der Waals surface area contributed by atoms with Crippen molar-refractivity contribution < 1.29 is 9.21 Å². The number of amides is 1. The third kappa shape index (κ3) is 2.57. The van der Waals surface area contributed by atoms with Gasteiger partial charge < -0.3 is 9.32 Å². The predicted octanol–water partition coefficient (Wildman–Crippen LogP) is 1.32. The van der Waals surface area contributed by atoms with Crippen LogP contribution in [0.4, 0.5) is 0 Å². The maximum Gasteiger partial charge on any atom is 0.335 e. The van der Waals surface area contributed by atoms with Crippen molar-refractivity contribution in [3.05, 3.63) is 41.0 Å². The number of nitrogens with zero attached hydrogens (tertiary/aromatic N) is 7. The van der Waals surface area contributed by atoms with Gasteiger partial charge in [-0.1, -0.05) is 10.8 Å². The molecule has 4 heterocycles. The van der Waals surface area contributed by atoms with E-state index in [9.17, 15) is 10.1 Å². The molecule has 0 radical (unpaired) electrons. The van der Waals surface area contributed by atoms with Crippen LogP contribution >= 0.6 is 0 Å². The highest BCUT2D eigenvalue weighted by Gasteiger charge is 2.69. The average Bonchev–Trinajstić information content (AvgIpc) is 3.45. The molecule has 2 aliphatic rings. The summed E-state index contributed by atoms with van der Waals surface area (Å²) in [6.45, 7) is 6.29. The van der Waals surface area contributed by atoms with Gasteiger partial charge in [0.1, 0.15) is 17.8 Å². The van der Waals surface area contributed by atoms with Crippen LogP contribution in [0.3, 0.4) is 0 Å². The van der Waals surface area contributed by atoms with Crippen LogP contribution in [0.5, 0.6) is 0 Å². The lowest BCUT2D eigenvalue weighted by Gasteiger charge is -2.20. The summed E-state index contributed by atoms with van der Waals surface area (Å²) < 4.78 is 5.64. The highest BCUT2D eigenvalue weighted by atomic mass is 16.4. The number of nitriles is 2. The van der Waals surface area contributed by atoms with E-state index in [0.29, 0.717) is 24.3 Å². The normalized spacial score (nSPS) is 24.8. The molecule has 4 rings (SSSR count). The van der Waals surface area contributed by atoms with Gasteiger partial charge in [0.25, 0.3) is 12.5 Å². The first kappa shape index (κ1) is 18.0. The minimum atomic E-state index is -0.900. The zero-order valence-electron chi connectivity index (χ0n) is 15.2. The fourth-order valence-electron chi connectivity index (χ4n) is 4.10. The molecule has 3 atom stereocenters. The first-order valence-electron chi connectivity index (χ1n) is 8.76. The van der Waals surface area contributed by atoms with Gasteiger partial charge in [-0.05, 0) is 12.1 Å². The number of pyridine rings is 1. The summed E-state index contributed by atoms with van der Waals surface area (Å²) in [6.07, 6.45) is 11.0. The Morgan fingerprint density at radius 1 is 1.41 bits per heavy atom. The van der Waals surface area contributed by atoms with Crippen LogP contribution in [0, 0.1) is 41.7 Å². The van der Waals surface area contributed by atoms with Gasteiger partial charge in [-0.25, -0.2) is 9.97 Å². The second-order valence-corrected chi connectivity index (χ2v) is 6.78. The molecule has 2 fully saturated rings. The molecule has 0 bridgehead atoms. The summed E-state index contributed by atoms with van der Waals surface area (Å²) >= 11 is 0. The van der Waals surface area contributed by atoms with Crippen molar-refractivity contribution in [1.29, 1.82) is 10.5 Å². The number of aromatic nitrogens is 2. The molecule has 0 aromatic carbocycles. The molecular formula is C20H14N7O2+. The van der Waals surface area contributed by atoms with E-state index in [1.165, 1.54) is 17.3 Å². The zero-order valence-corrected chi connectivity index (χ0v) is 15.2. The first-order valence-corrected chi connectivity index (χ1v) is 8.76. The molecular weight excluding hydrogens is 370 g/mol. The van der Waals surface area contributed by atoms with Crippen LogP contribution < -0.4 is 0 Å². The molecule has 0 spiro atoms. The number of oxazole rings is 1. The topological polar surface area (TPSA) is 114 Å². The van der Waals surface area contributed by atoms with Crippen molar-refractivity contribution in [2.45, 2.75) is 24.0 Å². The second kappa shape index (κ2) is 6.68. The highest BCUT2D eigenvalue weighted by molar-refractivity contribution is 5.91. The zero-order chi connectivity index (χ0) is 20.6. The minimum Gasteiger partial charge on any atom is -0.432 e. The standard InChI is InChI=1S/C20H14N7O2/c1-3-16-20(23-2)5-7-27(17(20)11-26(16)12-22)19(28)18-25-10-15(29-18)13-4-6-24-14(8-13)9-21/h1-2,4,6,8,10,16-17H,5,7,11H2/q+1/t16-,17+,20+/m1/s1. The Kier molecular flexibility index (Phi) is 4.15. The molecule has 0 N–H and O–H groups in total. The number of carbonyl (C=O) groups is 1. The Morgan fingerprint density at radius 2 is 2.24 bits per heavy atom. The largest absolute Gasteiger partial charge is 0.432 e. The molecule has 2 saturated heterocycles. The van der Waals surface area contributed by atoms with Crippen molar-refractivity contribution in [2.24, 2.45) is 0 Å². The van der Waals surface area contributed by atoms with Crippen molar-refractivity contribution >= 4 is 5.91 Å². The van der Waals surface area contributed by atoms with E-state index in [2.05, 4.69) is 26.9 Å².